The minimum absolute atomic E-state index is 0.0201. The van der Waals surface area contributed by atoms with Gasteiger partial charge in [0.2, 0.25) is 0 Å². The number of ether oxygens (including phenoxy) is 2. The molecule has 0 saturated heterocycles. The minimum atomic E-state index is -4.13. The maximum absolute atomic E-state index is 13.6. The summed E-state index contributed by atoms with van der Waals surface area (Å²) < 4.78 is 38.8. The van der Waals surface area contributed by atoms with Gasteiger partial charge in [0.25, 0.3) is 21.8 Å². The van der Waals surface area contributed by atoms with Crippen molar-refractivity contribution in [1.29, 1.82) is 0 Å². The van der Waals surface area contributed by atoms with Gasteiger partial charge >= 0.3 is 0 Å². The van der Waals surface area contributed by atoms with Crippen LogP contribution >= 0.6 is 0 Å². The fourth-order valence-corrected chi connectivity index (χ4v) is 5.41. The van der Waals surface area contributed by atoms with Gasteiger partial charge in [-0.2, -0.15) is 5.10 Å². The van der Waals surface area contributed by atoms with Crippen LogP contribution in [0.1, 0.15) is 22.8 Å². The molecule has 10 nitrogen and oxygen atoms in total. The highest BCUT2D eigenvalue weighted by atomic mass is 32.2. The van der Waals surface area contributed by atoms with Crippen LogP contribution in [0.25, 0.3) is 0 Å². The number of nitrogens with zero attached hydrogens (tertiary/aromatic N) is 2. The lowest BCUT2D eigenvalue weighted by molar-refractivity contribution is -0.119. The fraction of sp³-hybridized carbons (Fsp3) is 0.129. The second-order valence-corrected chi connectivity index (χ2v) is 10.9. The molecule has 0 aromatic heterocycles. The van der Waals surface area contributed by atoms with E-state index in [0.717, 1.165) is 4.31 Å². The van der Waals surface area contributed by atoms with Crippen molar-refractivity contribution < 1.29 is 27.5 Å². The van der Waals surface area contributed by atoms with Gasteiger partial charge in [-0.3, -0.25) is 13.9 Å². The van der Waals surface area contributed by atoms with E-state index in [1.54, 1.807) is 79.7 Å². The number of hydrogen-bond acceptors (Lipinski definition) is 7. The normalized spacial score (nSPS) is 11.4. The summed E-state index contributed by atoms with van der Waals surface area (Å²) in [6.45, 7) is 1.15. The number of amides is 2. The summed E-state index contributed by atoms with van der Waals surface area (Å²) >= 11 is 0. The van der Waals surface area contributed by atoms with E-state index in [4.69, 9.17) is 9.47 Å². The maximum Gasteiger partial charge on any atom is 0.264 e. The van der Waals surface area contributed by atoms with Crippen LogP contribution in [0.15, 0.2) is 113 Å². The van der Waals surface area contributed by atoms with E-state index >= 15 is 0 Å². The van der Waals surface area contributed by atoms with Gasteiger partial charge in [0, 0.05) is 17.3 Å². The molecule has 0 fully saturated rings. The van der Waals surface area contributed by atoms with Gasteiger partial charge in [-0.1, -0.05) is 48.5 Å². The Morgan fingerprint density at radius 3 is 2.02 bits per heavy atom. The summed E-state index contributed by atoms with van der Waals surface area (Å²) in [7, 11) is -1.22. The van der Waals surface area contributed by atoms with Crippen LogP contribution in [-0.2, 0) is 14.8 Å². The smallest absolute Gasteiger partial charge is 0.264 e. The molecule has 42 heavy (non-hydrogen) atoms. The molecule has 0 atom stereocenters. The molecule has 0 aliphatic carbocycles. The summed E-state index contributed by atoms with van der Waals surface area (Å²) in [5.41, 5.74) is 4.96. The van der Waals surface area contributed by atoms with Crippen LogP contribution in [0.3, 0.4) is 0 Å². The van der Waals surface area contributed by atoms with E-state index in [0.29, 0.717) is 34.0 Å². The first kappa shape index (κ1) is 29.8. The van der Waals surface area contributed by atoms with Crippen LogP contribution in [0, 0.1) is 0 Å². The zero-order valence-corrected chi connectivity index (χ0v) is 24.1. The van der Waals surface area contributed by atoms with E-state index in [-0.39, 0.29) is 16.5 Å². The Kier molecular flexibility index (Phi) is 9.56. The van der Waals surface area contributed by atoms with E-state index in [2.05, 4.69) is 15.8 Å². The molecule has 0 heterocycles. The topological polar surface area (TPSA) is 126 Å². The maximum atomic E-state index is 13.6. The fourth-order valence-electron chi connectivity index (χ4n) is 3.98. The van der Waals surface area contributed by atoms with Gasteiger partial charge in [-0.15, -0.1) is 0 Å². The van der Waals surface area contributed by atoms with Gasteiger partial charge in [-0.05, 0) is 61.0 Å². The Hall–Kier alpha value is -5.16. The van der Waals surface area contributed by atoms with Crippen molar-refractivity contribution in [2.45, 2.75) is 11.8 Å². The molecular formula is C31H30N4O6S. The molecule has 4 rings (SSSR count). The van der Waals surface area contributed by atoms with Crippen LogP contribution < -0.4 is 24.5 Å². The number of carbonyl (C=O) groups excluding carboxylic acids is 2. The van der Waals surface area contributed by atoms with Crippen molar-refractivity contribution in [2.24, 2.45) is 5.10 Å². The van der Waals surface area contributed by atoms with Crippen molar-refractivity contribution in [2.75, 3.05) is 30.4 Å². The number of nitrogens with one attached hydrogen (secondary N) is 2. The Balaban J connectivity index is 1.50. The summed E-state index contributed by atoms with van der Waals surface area (Å²) in [5, 5.41) is 6.99. The first-order chi connectivity index (χ1) is 20.2. The van der Waals surface area contributed by atoms with Crippen molar-refractivity contribution in [1.82, 2.24) is 5.43 Å². The van der Waals surface area contributed by atoms with E-state index < -0.39 is 22.5 Å². The molecule has 0 saturated carbocycles. The minimum Gasteiger partial charge on any atom is -0.493 e. The summed E-state index contributed by atoms with van der Waals surface area (Å²) in [5.74, 6) is -0.171. The van der Waals surface area contributed by atoms with Crippen molar-refractivity contribution in [3.05, 3.63) is 114 Å². The van der Waals surface area contributed by atoms with Crippen LogP contribution in [-0.4, -0.2) is 46.7 Å². The predicted octanol–water partition coefficient (Wildman–Crippen LogP) is 4.69. The molecule has 2 N–H and O–H groups in total. The number of hydrogen-bond donors (Lipinski definition) is 2. The second kappa shape index (κ2) is 13.5. The largest absolute Gasteiger partial charge is 0.493 e. The molecule has 0 bridgehead atoms. The highest BCUT2D eigenvalue weighted by Crippen LogP contribution is 2.33. The first-order valence-electron chi connectivity index (χ1n) is 12.8. The first-order valence-corrected chi connectivity index (χ1v) is 14.3. The van der Waals surface area contributed by atoms with Crippen LogP contribution in [0.2, 0.25) is 0 Å². The van der Waals surface area contributed by atoms with Crippen LogP contribution in [0.4, 0.5) is 11.4 Å². The lowest BCUT2D eigenvalue weighted by Crippen LogP contribution is -2.39. The standard InChI is InChI=1S/C31H30N4O6S/c1-22(23-14-16-25(17-15-23)32-31(37)24-10-6-4-7-11-24)33-34-30(36)21-35(42(38,39)27-12-8-5-9-13-27)26-18-19-28(40-2)29(20-26)41-3/h4-20H,21H2,1-3H3,(H,32,37)(H,34,36)/b33-22-. The second-order valence-electron chi connectivity index (χ2n) is 8.99. The Morgan fingerprint density at radius 2 is 1.40 bits per heavy atom. The molecule has 0 spiro atoms. The average molecular weight is 587 g/mol. The molecule has 0 aliphatic heterocycles. The van der Waals surface area contributed by atoms with Gasteiger partial charge in [0.15, 0.2) is 11.5 Å². The van der Waals surface area contributed by atoms with E-state index in [1.165, 1.54) is 38.5 Å². The third-order valence-corrected chi connectivity index (χ3v) is 8.01. The van der Waals surface area contributed by atoms with Gasteiger partial charge in [0.05, 0.1) is 30.5 Å². The number of anilines is 2. The molecule has 0 unspecified atom stereocenters. The third-order valence-electron chi connectivity index (χ3n) is 6.22. The number of sulfonamides is 1. The highest BCUT2D eigenvalue weighted by molar-refractivity contribution is 7.92. The zero-order chi connectivity index (χ0) is 30.1. The number of carbonyl (C=O) groups is 2. The number of benzene rings is 4. The zero-order valence-electron chi connectivity index (χ0n) is 23.3. The molecule has 0 radical (unpaired) electrons. The molecular weight excluding hydrogens is 556 g/mol. The van der Waals surface area contributed by atoms with Crippen LogP contribution in [0.5, 0.6) is 11.5 Å². The highest BCUT2D eigenvalue weighted by Gasteiger charge is 2.28. The summed E-state index contributed by atoms with van der Waals surface area (Å²) in [6.07, 6.45) is 0. The van der Waals surface area contributed by atoms with Crippen molar-refractivity contribution in [3.8, 4) is 11.5 Å². The Bertz CT molecular complexity index is 1680. The molecule has 11 heteroatoms. The number of rotatable bonds is 11. The summed E-state index contributed by atoms with van der Waals surface area (Å²) in [4.78, 5) is 25.4. The third kappa shape index (κ3) is 7.12. The molecule has 2 amide bonds. The monoisotopic (exact) mass is 586 g/mol. The number of hydrazone groups is 1. The molecule has 4 aromatic rings. The molecule has 0 aliphatic rings. The predicted molar refractivity (Wildman–Crippen MR) is 162 cm³/mol. The number of methoxy groups -OCH3 is 2. The quantitative estimate of drug-likeness (QED) is 0.194. The van der Waals surface area contributed by atoms with Crippen molar-refractivity contribution >= 4 is 38.9 Å². The SMILES string of the molecule is COc1ccc(N(CC(=O)N/N=C(/C)c2ccc(NC(=O)c3ccccc3)cc2)S(=O)(=O)c2ccccc2)cc1OC. The van der Waals surface area contributed by atoms with E-state index in [1.807, 2.05) is 6.07 Å². The molecule has 216 valence electrons. The van der Waals surface area contributed by atoms with E-state index in [9.17, 15) is 18.0 Å². The average Bonchev–Trinajstić information content (AvgIpc) is 3.03. The van der Waals surface area contributed by atoms with Gasteiger partial charge in [0.1, 0.15) is 6.54 Å². The van der Waals surface area contributed by atoms with Crippen molar-refractivity contribution in [3.63, 3.8) is 0 Å². The lowest BCUT2D eigenvalue weighted by atomic mass is 10.1. The van der Waals surface area contributed by atoms with Gasteiger partial charge < -0.3 is 14.8 Å². The Labute approximate surface area is 244 Å². The molecule has 4 aromatic carbocycles. The Morgan fingerprint density at radius 1 is 0.786 bits per heavy atom. The lowest BCUT2D eigenvalue weighted by Gasteiger charge is -2.24. The summed E-state index contributed by atoms with van der Waals surface area (Å²) in [6, 6.07) is 28.2. The van der Waals surface area contributed by atoms with Gasteiger partial charge in [-0.25, -0.2) is 13.8 Å².